The van der Waals surface area contributed by atoms with Gasteiger partial charge >= 0.3 is 6.18 Å². The Hall–Kier alpha value is -2.57. The lowest BCUT2D eigenvalue weighted by molar-refractivity contribution is -0.137. The summed E-state index contributed by atoms with van der Waals surface area (Å²) in [5, 5.41) is 5.24. The summed E-state index contributed by atoms with van der Waals surface area (Å²) in [6.45, 7) is 5.33. The van der Waals surface area contributed by atoms with Gasteiger partial charge in [0.05, 0.1) is 22.8 Å². The van der Waals surface area contributed by atoms with Gasteiger partial charge in [-0.1, -0.05) is 19.9 Å². The normalized spacial score (nSPS) is 19.8. The number of nitrogens with one attached hydrogen (secondary N) is 2. The molecule has 7 nitrogen and oxygen atoms in total. The molecule has 0 radical (unpaired) electrons. The third-order valence-electron chi connectivity index (χ3n) is 7.34. The monoisotopic (exact) mass is 599 g/mol. The summed E-state index contributed by atoms with van der Waals surface area (Å²) in [6, 6.07) is 10.5. The van der Waals surface area contributed by atoms with Gasteiger partial charge in [-0.2, -0.15) is 13.2 Å². The Labute approximate surface area is 238 Å². The second kappa shape index (κ2) is 13.9. The van der Waals surface area contributed by atoms with E-state index in [2.05, 4.69) is 29.4 Å². The van der Waals surface area contributed by atoms with Crippen molar-refractivity contribution in [2.24, 2.45) is 5.92 Å². The van der Waals surface area contributed by atoms with E-state index in [9.17, 15) is 31.2 Å². The molecule has 2 aromatic rings. The number of carbonyl (C=O) groups excluding carboxylic acids is 2. The molecule has 1 unspecified atom stereocenters. The highest BCUT2D eigenvalue weighted by molar-refractivity contribution is 7.98. The van der Waals surface area contributed by atoms with Crippen LogP contribution in [-0.2, 0) is 20.8 Å². The molecule has 2 N–H and O–H groups in total. The summed E-state index contributed by atoms with van der Waals surface area (Å²) in [5.41, 5.74) is -1.17. The molecule has 0 spiro atoms. The van der Waals surface area contributed by atoms with E-state index in [-0.39, 0.29) is 28.2 Å². The van der Waals surface area contributed by atoms with E-state index in [1.807, 2.05) is 6.26 Å². The lowest BCUT2D eigenvalue weighted by Gasteiger charge is -2.41. The van der Waals surface area contributed by atoms with Crippen LogP contribution < -0.4 is 10.6 Å². The number of nitrogens with zero attached hydrogens (tertiary/aromatic N) is 1. The largest absolute Gasteiger partial charge is 0.416 e. The van der Waals surface area contributed by atoms with Gasteiger partial charge in [0, 0.05) is 22.5 Å². The lowest BCUT2D eigenvalue weighted by Crippen LogP contribution is -2.52. The van der Waals surface area contributed by atoms with Crippen molar-refractivity contribution in [3.8, 4) is 0 Å². The topological polar surface area (TPSA) is 95.6 Å². The van der Waals surface area contributed by atoms with Crippen molar-refractivity contribution >= 4 is 33.4 Å². The first-order chi connectivity index (χ1) is 18.9. The average Bonchev–Trinajstić information content (AvgIpc) is 2.93. The third-order valence-corrected chi connectivity index (χ3v) is 9.94. The third kappa shape index (κ3) is 8.47. The minimum atomic E-state index is -4.59. The van der Waals surface area contributed by atoms with E-state index >= 15 is 0 Å². The van der Waals surface area contributed by atoms with Gasteiger partial charge in [-0.25, -0.2) is 8.42 Å². The van der Waals surface area contributed by atoms with Gasteiger partial charge in [0.2, 0.25) is 5.91 Å². The quantitative estimate of drug-likeness (QED) is 0.366. The van der Waals surface area contributed by atoms with E-state index in [0.29, 0.717) is 12.8 Å². The number of alkyl halides is 3. The van der Waals surface area contributed by atoms with E-state index in [1.165, 1.54) is 17.8 Å². The van der Waals surface area contributed by atoms with Crippen LogP contribution in [0.2, 0.25) is 0 Å². The van der Waals surface area contributed by atoms with Crippen LogP contribution >= 0.6 is 11.8 Å². The molecule has 2 amide bonds. The molecule has 3 atom stereocenters. The Morgan fingerprint density at radius 1 is 1.05 bits per heavy atom. The number of carbonyl (C=O) groups is 2. The fourth-order valence-electron chi connectivity index (χ4n) is 5.20. The molecule has 1 aliphatic rings. The summed E-state index contributed by atoms with van der Waals surface area (Å²) in [5.74, 6) is -1.82. The zero-order chi connectivity index (χ0) is 29.5. The number of hydrogen-bond acceptors (Lipinski definition) is 6. The predicted molar refractivity (Wildman–Crippen MR) is 150 cm³/mol. The zero-order valence-electron chi connectivity index (χ0n) is 22.8. The number of thioether (sulfide) groups is 1. The first-order valence-electron chi connectivity index (χ1n) is 13.2. The van der Waals surface area contributed by atoms with Crippen LogP contribution in [0.4, 0.5) is 13.2 Å². The van der Waals surface area contributed by atoms with Crippen LogP contribution in [0.5, 0.6) is 0 Å². The number of amides is 2. The Balaban J connectivity index is 1.70. The van der Waals surface area contributed by atoms with E-state index in [1.54, 1.807) is 24.3 Å². The van der Waals surface area contributed by atoms with Crippen LogP contribution in [0.1, 0.15) is 49.0 Å². The van der Waals surface area contributed by atoms with Gasteiger partial charge in [-0.15, -0.1) is 11.8 Å². The van der Waals surface area contributed by atoms with Gasteiger partial charge in [0.15, 0.2) is 9.84 Å². The highest BCUT2D eigenvalue weighted by Crippen LogP contribution is 2.32. The molecule has 2 aromatic carbocycles. The fraction of sp³-hybridized carbons (Fsp3) is 0.500. The second-order valence-corrected chi connectivity index (χ2v) is 12.8. The molecular weight excluding hydrogens is 563 g/mol. The fourth-order valence-corrected chi connectivity index (χ4v) is 7.29. The number of rotatable bonds is 11. The maximum Gasteiger partial charge on any atom is 0.416 e. The van der Waals surface area contributed by atoms with Gasteiger partial charge in [0.25, 0.3) is 5.91 Å². The van der Waals surface area contributed by atoms with Gasteiger partial charge in [-0.3, -0.25) is 9.59 Å². The molecule has 40 heavy (non-hydrogen) atoms. The summed E-state index contributed by atoms with van der Waals surface area (Å²) in [6.07, 6.45) is -0.744. The van der Waals surface area contributed by atoms with Crippen LogP contribution in [0.3, 0.4) is 0 Å². The number of hydrogen-bond donors (Lipinski definition) is 2. The Kier molecular flexibility index (Phi) is 11.1. The van der Waals surface area contributed by atoms with Crippen LogP contribution in [0, 0.1) is 5.92 Å². The maximum absolute atomic E-state index is 13.3. The highest BCUT2D eigenvalue weighted by atomic mass is 32.2. The van der Waals surface area contributed by atoms with Gasteiger partial charge in [-0.05, 0) is 87.0 Å². The summed E-state index contributed by atoms with van der Waals surface area (Å²) in [4.78, 5) is 28.7. The average molecular weight is 600 g/mol. The van der Waals surface area contributed by atoms with Gasteiger partial charge in [0.1, 0.15) is 0 Å². The molecule has 1 aliphatic carbocycles. The molecule has 1 saturated carbocycles. The van der Waals surface area contributed by atoms with E-state index in [0.717, 1.165) is 42.6 Å². The molecule has 12 heteroatoms. The number of sulfone groups is 1. The Bertz CT molecular complexity index is 1270. The Morgan fingerprint density at radius 2 is 1.73 bits per heavy atom. The van der Waals surface area contributed by atoms with E-state index < -0.39 is 46.0 Å². The number of halogens is 3. The van der Waals surface area contributed by atoms with E-state index in [4.69, 9.17) is 0 Å². The zero-order valence-corrected chi connectivity index (χ0v) is 24.5. The molecule has 0 aromatic heterocycles. The van der Waals surface area contributed by atoms with Gasteiger partial charge < -0.3 is 15.5 Å². The Morgan fingerprint density at radius 3 is 2.33 bits per heavy atom. The summed E-state index contributed by atoms with van der Waals surface area (Å²) < 4.78 is 65.6. The SMILES string of the molecule is CCN(CC)[C@H]1CCC(NC(=O)CNC(=O)c2cccc(C(F)(F)F)c2)[C@@H](CS(=O)(=O)c2ccc(SC)cc2)C1. The molecule has 1 fully saturated rings. The predicted octanol–water partition coefficient (Wildman–Crippen LogP) is 4.63. The van der Waals surface area contributed by atoms with Crippen LogP contribution in [0.15, 0.2) is 58.3 Å². The van der Waals surface area contributed by atoms with Crippen molar-refractivity contribution in [2.75, 3.05) is 31.6 Å². The summed E-state index contributed by atoms with van der Waals surface area (Å²) >= 11 is 1.52. The molecule has 3 rings (SSSR count). The maximum atomic E-state index is 13.3. The smallest absolute Gasteiger partial charge is 0.352 e. The minimum absolute atomic E-state index is 0.134. The van der Waals surface area contributed by atoms with Crippen molar-refractivity contribution in [1.82, 2.24) is 15.5 Å². The lowest BCUT2D eigenvalue weighted by atomic mass is 9.81. The molecule has 0 saturated heterocycles. The van der Waals surface area contributed by atoms with Crippen molar-refractivity contribution in [3.05, 3.63) is 59.7 Å². The van der Waals surface area contributed by atoms with Crippen molar-refractivity contribution in [1.29, 1.82) is 0 Å². The first kappa shape index (κ1) is 32.0. The number of benzene rings is 2. The molecule has 220 valence electrons. The summed E-state index contributed by atoms with van der Waals surface area (Å²) in [7, 11) is -3.63. The standard InChI is InChI=1S/C28H36F3N3O4S2/c1-4-34(5-2)22-9-14-25(20(16-22)18-40(37,38)24-12-10-23(39-3)11-13-24)33-26(35)17-32-27(36)19-7-6-8-21(15-19)28(29,30)31/h6-8,10-13,15,20,22,25H,4-5,9,14,16-18H2,1-3H3,(H,32,36)(H,33,35)/t20-,22+,25?/m1/s1. The second-order valence-electron chi connectivity index (χ2n) is 9.84. The molecular formula is C28H36F3N3O4S2. The van der Waals surface area contributed by atoms with Crippen LogP contribution in [-0.4, -0.2) is 68.9 Å². The minimum Gasteiger partial charge on any atom is -0.352 e. The van der Waals surface area contributed by atoms with Crippen molar-refractivity contribution in [3.63, 3.8) is 0 Å². The van der Waals surface area contributed by atoms with Crippen molar-refractivity contribution in [2.45, 2.75) is 61.2 Å². The highest BCUT2D eigenvalue weighted by Gasteiger charge is 2.36. The molecule has 0 heterocycles. The van der Waals surface area contributed by atoms with Crippen LogP contribution in [0.25, 0.3) is 0 Å². The first-order valence-corrected chi connectivity index (χ1v) is 16.1. The molecule has 0 bridgehead atoms. The van der Waals surface area contributed by atoms with Crippen molar-refractivity contribution < 1.29 is 31.2 Å². The molecule has 0 aliphatic heterocycles.